The van der Waals surface area contributed by atoms with Gasteiger partial charge >= 0.3 is 5.97 Å². The van der Waals surface area contributed by atoms with Crippen LogP contribution in [0.4, 0.5) is 0 Å². The van der Waals surface area contributed by atoms with E-state index in [2.05, 4.69) is 11.9 Å². The van der Waals surface area contributed by atoms with Gasteiger partial charge in [0, 0.05) is 11.6 Å². The molecule has 0 aliphatic carbocycles. The van der Waals surface area contributed by atoms with Crippen molar-refractivity contribution in [3.8, 4) is 5.75 Å². The number of hydrogen-bond acceptors (Lipinski definition) is 4. The molecule has 0 radical (unpaired) electrons. The summed E-state index contributed by atoms with van der Waals surface area (Å²) in [6, 6.07) is 7.10. The Bertz CT molecular complexity index is 630. The summed E-state index contributed by atoms with van der Waals surface area (Å²) in [6.45, 7) is 4.37. The minimum atomic E-state index is -0.380. The number of ether oxygens (including phenoxy) is 2. The van der Waals surface area contributed by atoms with Crippen LogP contribution in [0.5, 0.6) is 5.75 Å². The van der Waals surface area contributed by atoms with Gasteiger partial charge in [-0.1, -0.05) is 31.9 Å². The topological polar surface area (TPSA) is 48.4 Å². The predicted octanol–water partition coefficient (Wildman–Crippen LogP) is 3.86. The van der Waals surface area contributed by atoms with E-state index in [9.17, 15) is 4.79 Å². The van der Waals surface area contributed by atoms with Gasteiger partial charge < -0.3 is 9.47 Å². The van der Waals surface area contributed by atoms with Crippen LogP contribution >= 0.6 is 11.6 Å². The number of pyridine rings is 1. The van der Waals surface area contributed by atoms with Crippen molar-refractivity contribution in [3.63, 3.8) is 0 Å². The number of aromatic nitrogens is 1. The summed E-state index contributed by atoms with van der Waals surface area (Å²) in [4.78, 5) is 15.9. The van der Waals surface area contributed by atoms with Crippen LogP contribution in [0, 0.1) is 5.92 Å². The Labute approximate surface area is 129 Å². The maximum Gasteiger partial charge on any atom is 0.344 e. The highest BCUT2D eigenvalue weighted by molar-refractivity contribution is 6.35. The molecule has 1 heterocycles. The van der Waals surface area contributed by atoms with Crippen LogP contribution in [0.1, 0.15) is 20.3 Å². The molecule has 2 aromatic rings. The van der Waals surface area contributed by atoms with Gasteiger partial charge in [0.15, 0.2) is 6.61 Å². The highest BCUT2D eigenvalue weighted by Gasteiger charge is 2.10. The Morgan fingerprint density at radius 2 is 2.19 bits per heavy atom. The van der Waals surface area contributed by atoms with Gasteiger partial charge in [0.1, 0.15) is 11.3 Å². The van der Waals surface area contributed by atoms with Crippen LogP contribution in [0.15, 0.2) is 30.5 Å². The second kappa shape index (κ2) is 7.27. The largest absolute Gasteiger partial charge is 0.480 e. The van der Waals surface area contributed by atoms with E-state index in [-0.39, 0.29) is 12.6 Å². The first-order chi connectivity index (χ1) is 10.1. The van der Waals surface area contributed by atoms with E-state index in [4.69, 9.17) is 21.1 Å². The summed E-state index contributed by atoms with van der Waals surface area (Å²) >= 11 is 6.11. The molecule has 0 aliphatic heterocycles. The van der Waals surface area contributed by atoms with Crippen molar-refractivity contribution < 1.29 is 14.3 Å². The van der Waals surface area contributed by atoms with Crippen molar-refractivity contribution in [2.24, 2.45) is 5.92 Å². The van der Waals surface area contributed by atoms with E-state index in [0.717, 1.165) is 11.8 Å². The second-order valence-corrected chi connectivity index (χ2v) is 5.34. The molecule has 1 aromatic heterocycles. The molecule has 0 saturated heterocycles. The average Bonchev–Trinajstić information content (AvgIpc) is 2.52. The van der Waals surface area contributed by atoms with Crippen molar-refractivity contribution >= 4 is 28.5 Å². The van der Waals surface area contributed by atoms with E-state index in [1.54, 1.807) is 24.4 Å². The third-order valence-corrected chi connectivity index (χ3v) is 3.58. The number of fused-ring (bicyclic) bond motifs is 1. The third kappa shape index (κ3) is 4.08. The predicted molar refractivity (Wildman–Crippen MR) is 82.7 cm³/mol. The molecular weight excluding hydrogens is 290 g/mol. The maximum atomic E-state index is 11.6. The molecule has 1 atom stereocenters. The smallest absolute Gasteiger partial charge is 0.344 e. The standard InChI is InChI=1S/C16H18ClNO3/c1-3-11(2)9-21-15(19)10-20-14-7-6-13(17)12-5-4-8-18-16(12)14/h4-8,11H,3,9-10H2,1-2H3. The number of esters is 1. The molecule has 1 aromatic carbocycles. The van der Waals surface area contributed by atoms with E-state index >= 15 is 0 Å². The maximum absolute atomic E-state index is 11.6. The summed E-state index contributed by atoms with van der Waals surface area (Å²) < 4.78 is 10.6. The number of carbonyl (C=O) groups excluding carboxylic acids is 1. The summed E-state index contributed by atoms with van der Waals surface area (Å²) in [7, 11) is 0. The molecule has 0 spiro atoms. The number of carbonyl (C=O) groups is 1. The lowest BCUT2D eigenvalue weighted by molar-refractivity contribution is -0.147. The van der Waals surface area contributed by atoms with Crippen molar-refractivity contribution in [2.75, 3.05) is 13.2 Å². The van der Waals surface area contributed by atoms with Crippen LogP contribution < -0.4 is 4.74 Å². The van der Waals surface area contributed by atoms with Crippen molar-refractivity contribution in [1.29, 1.82) is 0 Å². The number of benzene rings is 1. The lowest BCUT2D eigenvalue weighted by Crippen LogP contribution is -2.18. The van der Waals surface area contributed by atoms with Crippen LogP contribution in [0.2, 0.25) is 5.02 Å². The molecule has 0 bridgehead atoms. The molecule has 0 fully saturated rings. The number of nitrogens with zero attached hydrogens (tertiary/aromatic N) is 1. The van der Waals surface area contributed by atoms with E-state index < -0.39 is 0 Å². The lowest BCUT2D eigenvalue weighted by Gasteiger charge is -2.11. The Morgan fingerprint density at radius 3 is 2.95 bits per heavy atom. The Hall–Kier alpha value is -1.81. The monoisotopic (exact) mass is 307 g/mol. The second-order valence-electron chi connectivity index (χ2n) is 4.93. The molecule has 0 saturated carbocycles. The van der Waals surface area contributed by atoms with Crippen LogP contribution in [0.3, 0.4) is 0 Å². The van der Waals surface area contributed by atoms with Gasteiger partial charge in [-0.3, -0.25) is 4.98 Å². The van der Waals surface area contributed by atoms with Gasteiger partial charge in [0.05, 0.1) is 11.6 Å². The van der Waals surface area contributed by atoms with E-state index in [1.165, 1.54) is 0 Å². The Balaban J connectivity index is 2.01. The van der Waals surface area contributed by atoms with Crippen molar-refractivity contribution in [1.82, 2.24) is 4.98 Å². The lowest BCUT2D eigenvalue weighted by atomic mass is 10.1. The normalized spacial score (nSPS) is 12.1. The molecular formula is C16H18ClNO3. The van der Waals surface area contributed by atoms with Gasteiger partial charge in [-0.05, 0) is 30.2 Å². The molecule has 1 unspecified atom stereocenters. The first-order valence-corrected chi connectivity index (χ1v) is 7.31. The highest BCUT2D eigenvalue weighted by atomic mass is 35.5. The molecule has 112 valence electrons. The van der Waals surface area contributed by atoms with Crippen LogP contribution in [-0.4, -0.2) is 24.2 Å². The number of halogens is 1. The third-order valence-electron chi connectivity index (χ3n) is 3.25. The van der Waals surface area contributed by atoms with Gasteiger partial charge in [-0.2, -0.15) is 0 Å². The zero-order valence-corrected chi connectivity index (χ0v) is 12.9. The fourth-order valence-corrected chi connectivity index (χ4v) is 1.98. The molecule has 4 nitrogen and oxygen atoms in total. The van der Waals surface area contributed by atoms with E-state index in [1.807, 2.05) is 13.0 Å². The minimum absolute atomic E-state index is 0.135. The average molecular weight is 308 g/mol. The first kappa shape index (κ1) is 15.6. The molecule has 0 amide bonds. The van der Waals surface area contributed by atoms with Gasteiger partial charge in [0.25, 0.3) is 0 Å². The zero-order valence-electron chi connectivity index (χ0n) is 12.1. The first-order valence-electron chi connectivity index (χ1n) is 6.93. The summed E-state index contributed by atoms with van der Waals surface area (Å²) in [6.07, 6.45) is 2.63. The Morgan fingerprint density at radius 1 is 1.38 bits per heavy atom. The fourth-order valence-electron chi connectivity index (χ4n) is 1.76. The summed E-state index contributed by atoms with van der Waals surface area (Å²) in [5.74, 6) is 0.497. The van der Waals surface area contributed by atoms with Crippen molar-refractivity contribution in [2.45, 2.75) is 20.3 Å². The zero-order chi connectivity index (χ0) is 15.2. The summed E-state index contributed by atoms with van der Waals surface area (Å²) in [5.41, 5.74) is 0.639. The number of hydrogen-bond donors (Lipinski definition) is 0. The molecule has 0 aliphatic rings. The fraction of sp³-hybridized carbons (Fsp3) is 0.375. The van der Waals surface area contributed by atoms with Crippen molar-refractivity contribution in [3.05, 3.63) is 35.5 Å². The number of rotatable bonds is 6. The quantitative estimate of drug-likeness (QED) is 0.760. The molecule has 2 rings (SSSR count). The molecule has 5 heteroatoms. The van der Waals surface area contributed by atoms with Crippen LogP contribution in [0.25, 0.3) is 10.9 Å². The van der Waals surface area contributed by atoms with Crippen LogP contribution in [-0.2, 0) is 9.53 Å². The SMILES string of the molecule is CCC(C)COC(=O)COc1ccc(Cl)c2cccnc12. The minimum Gasteiger partial charge on any atom is -0.480 e. The van der Waals surface area contributed by atoms with Gasteiger partial charge in [-0.25, -0.2) is 4.79 Å². The highest BCUT2D eigenvalue weighted by Crippen LogP contribution is 2.29. The van der Waals surface area contributed by atoms with Gasteiger partial charge in [-0.15, -0.1) is 0 Å². The molecule has 21 heavy (non-hydrogen) atoms. The Kier molecular flexibility index (Phi) is 5.39. The summed E-state index contributed by atoms with van der Waals surface area (Å²) in [5, 5.41) is 1.40. The molecule has 0 N–H and O–H groups in total. The van der Waals surface area contributed by atoms with E-state index in [0.29, 0.717) is 28.8 Å². The van der Waals surface area contributed by atoms with Gasteiger partial charge in [0.2, 0.25) is 0 Å².